The number of esters is 1. The van der Waals surface area contributed by atoms with Gasteiger partial charge in [-0.2, -0.15) is 0 Å². The second-order valence-electron chi connectivity index (χ2n) is 6.25. The second kappa shape index (κ2) is 8.11. The fraction of sp³-hybridized carbons (Fsp3) is 0.0909. The van der Waals surface area contributed by atoms with E-state index in [4.69, 9.17) is 16.3 Å². The number of aromatic hydroxyl groups is 1. The standard InChI is InChI=1S/C22H17ClN2O3S/c1-2-28-22(27)19-20(26)18(11-13-12-24-17-6-4-3-5-16(13)17)29-21(19)25-15-9-7-14(23)8-10-15/h3-12,25-26H,2H2,1H3/b13-11-. The van der Waals surface area contributed by atoms with Crippen molar-refractivity contribution in [2.24, 2.45) is 4.99 Å². The number of nitrogens with one attached hydrogen (secondary N) is 1. The molecule has 2 aromatic carbocycles. The summed E-state index contributed by atoms with van der Waals surface area (Å²) in [5, 5.41) is 15.1. The molecule has 0 spiro atoms. The van der Waals surface area contributed by atoms with Gasteiger partial charge in [0.25, 0.3) is 0 Å². The molecule has 4 rings (SSSR count). The van der Waals surface area contributed by atoms with Crippen LogP contribution in [0.3, 0.4) is 0 Å². The van der Waals surface area contributed by atoms with E-state index in [0.29, 0.717) is 14.9 Å². The van der Waals surface area contributed by atoms with Gasteiger partial charge >= 0.3 is 5.97 Å². The Morgan fingerprint density at radius 2 is 2.00 bits per heavy atom. The smallest absolute Gasteiger partial charge is 0.344 e. The van der Waals surface area contributed by atoms with Crippen LogP contribution in [0.5, 0.6) is 5.75 Å². The van der Waals surface area contributed by atoms with Gasteiger partial charge < -0.3 is 15.2 Å². The van der Waals surface area contributed by atoms with Gasteiger partial charge in [-0.15, -0.1) is 11.3 Å². The average molecular weight is 425 g/mol. The molecule has 0 amide bonds. The number of benzene rings is 2. The average Bonchev–Trinajstić information content (AvgIpc) is 3.25. The largest absolute Gasteiger partial charge is 0.505 e. The first kappa shape index (κ1) is 19.2. The van der Waals surface area contributed by atoms with Gasteiger partial charge in [0, 0.05) is 28.1 Å². The summed E-state index contributed by atoms with van der Waals surface area (Å²) in [5.74, 6) is -0.696. The summed E-state index contributed by atoms with van der Waals surface area (Å²) < 4.78 is 5.15. The number of carbonyl (C=O) groups excluding carboxylic acids is 1. The molecule has 1 aliphatic rings. The minimum absolute atomic E-state index is 0.113. The number of allylic oxidation sites excluding steroid dienone is 1. The first-order valence-corrected chi connectivity index (χ1v) is 10.2. The second-order valence-corrected chi connectivity index (χ2v) is 7.74. The number of anilines is 2. The van der Waals surface area contributed by atoms with Crippen molar-refractivity contribution < 1.29 is 14.6 Å². The summed E-state index contributed by atoms with van der Waals surface area (Å²) in [7, 11) is 0. The van der Waals surface area contributed by atoms with E-state index < -0.39 is 5.97 Å². The highest BCUT2D eigenvalue weighted by Crippen LogP contribution is 2.43. The van der Waals surface area contributed by atoms with E-state index in [2.05, 4.69) is 10.3 Å². The van der Waals surface area contributed by atoms with Crippen LogP contribution < -0.4 is 5.32 Å². The van der Waals surface area contributed by atoms with Crippen molar-refractivity contribution in [3.63, 3.8) is 0 Å². The quantitative estimate of drug-likeness (QED) is 0.472. The molecule has 0 saturated heterocycles. The van der Waals surface area contributed by atoms with Crippen LogP contribution in [-0.2, 0) is 4.74 Å². The number of fused-ring (bicyclic) bond motifs is 1. The predicted molar refractivity (Wildman–Crippen MR) is 119 cm³/mol. The van der Waals surface area contributed by atoms with Gasteiger partial charge in [0.15, 0.2) is 0 Å². The monoisotopic (exact) mass is 424 g/mol. The number of aliphatic imine (C=N–C) groups is 1. The number of halogens is 1. The van der Waals surface area contributed by atoms with Crippen molar-refractivity contribution in [1.82, 2.24) is 0 Å². The van der Waals surface area contributed by atoms with Gasteiger partial charge in [0.2, 0.25) is 0 Å². The Morgan fingerprint density at radius 3 is 2.76 bits per heavy atom. The Bertz CT molecular complexity index is 1130. The molecule has 0 unspecified atom stereocenters. The third-order valence-electron chi connectivity index (χ3n) is 4.34. The highest BCUT2D eigenvalue weighted by Gasteiger charge is 2.25. The third kappa shape index (κ3) is 3.90. The molecule has 0 saturated carbocycles. The molecule has 3 aromatic rings. The van der Waals surface area contributed by atoms with Crippen molar-refractivity contribution in [3.8, 4) is 5.75 Å². The summed E-state index contributed by atoms with van der Waals surface area (Å²) in [5.41, 5.74) is 3.57. The van der Waals surface area contributed by atoms with E-state index in [1.165, 1.54) is 11.3 Å². The highest BCUT2D eigenvalue weighted by molar-refractivity contribution is 7.18. The first-order chi connectivity index (χ1) is 14.1. The number of thiophene rings is 1. The zero-order valence-electron chi connectivity index (χ0n) is 15.5. The van der Waals surface area contributed by atoms with E-state index in [0.717, 1.165) is 22.5 Å². The Kier molecular flexibility index (Phi) is 5.38. The molecule has 29 heavy (non-hydrogen) atoms. The number of hydrogen-bond donors (Lipinski definition) is 2. The lowest BCUT2D eigenvalue weighted by Gasteiger charge is -2.07. The van der Waals surface area contributed by atoms with Crippen LogP contribution in [-0.4, -0.2) is 23.9 Å². The fourth-order valence-corrected chi connectivity index (χ4v) is 4.16. The van der Waals surface area contributed by atoms with Crippen LogP contribution in [0.15, 0.2) is 53.5 Å². The fourth-order valence-electron chi connectivity index (χ4n) is 2.98. The Hall–Kier alpha value is -3.09. The maximum absolute atomic E-state index is 12.5. The molecule has 0 fully saturated rings. The summed E-state index contributed by atoms with van der Waals surface area (Å²) in [6.45, 7) is 1.94. The molecule has 2 N–H and O–H groups in total. The van der Waals surface area contributed by atoms with Crippen molar-refractivity contribution in [1.29, 1.82) is 0 Å². The molecular weight excluding hydrogens is 408 g/mol. The lowest BCUT2D eigenvalue weighted by Crippen LogP contribution is -2.06. The predicted octanol–water partition coefficient (Wildman–Crippen LogP) is 6.28. The van der Waals surface area contributed by atoms with Crippen LogP contribution in [0.4, 0.5) is 16.4 Å². The van der Waals surface area contributed by atoms with E-state index in [-0.39, 0.29) is 17.9 Å². The SMILES string of the molecule is CCOC(=O)c1c(Nc2ccc(Cl)cc2)sc(/C=C2/C=Nc3ccccc32)c1O. The van der Waals surface area contributed by atoms with Gasteiger partial charge in [0.05, 0.1) is 17.2 Å². The summed E-state index contributed by atoms with van der Waals surface area (Å²) >= 11 is 7.21. The van der Waals surface area contributed by atoms with Gasteiger partial charge in [-0.3, -0.25) is 4.99 Å². The maximum atomic E-state index is 12.5. The number of ether oxygens (including phenoxy) is 1. The van der Waals surface area contributed by atoms with Gasteiger partial charge in [-0.25, -0.2) is 4.79 Å². The Morgan fingerprint density at radius 1 is 1.24 bits per heavy atom. The molecule has 7 heteroatoms. The van der Waals surface area contributed by atoms with E-state index >= 15 is 0 Å². The summed E-state index contributed by atoms with van der Waals surface area (Å²) in [6.07, 6.45) is 3.57. The third-order valence-corrected chi connectivity index (χ3v) is 5.63. The van der Waals surface area contributed by atoms with Crippen LogP contribution in [0, 0.1) is 0 Å². The van der Waals surface area contributed by atoms with Crippen LogP contribution in [0.2, 0.25) is 5.02 Å². The number of para-hydroxylation sites is 1. The Labute approximate surface area is 176 Å². The van der Waals surface area contributed by atoms with Crippen molar-refractivity contribution in [2.45, 2.75) is 6.92 Å². The van der Waals surface area contributed by atoms with Gasteiger partial charge in [-0.1, -0.05) is 29.8 Å². The molecule has 5 nitrogen and oxygen atoms in total. The molecule has 1 aliphatic heterocycles. The number of hydrogen-bond acceptors (Lipinski definition) is 6. The molecule has 1 aromatic heterocycles. The number of carbonyl (C=O) groups is 1. The van der Waals surface area contributed by atoms with Crippen LogP contribution in [0.25, 0.3) is 11.6 Å². The molecule has 2 heterocycles. The van der Waals surface area contributed by atoms with Crippen molar-refractivity contribution >= 4 is 63.1 Å². The molecule has 0 aliphatic carbocycles. The minimum atomic E-state index is -0.581. The molecule has 0 radical (unpaired) electrons. The van der Waals surface area contributed by atoms with Crippen molar-refractivity contribution in [3.05, 3.63) is 69.6 Å². The zero-order valence-corrected chi connectivity index (χ0v) is 17.1. The van der Waals surface area contributed by atoms with Gasteiger partial charge in [0.1, 0.15) is 16.3 Å². The molecule has 146 valence electrons. The summed E-state index contributed by atoms with van der Waals surface area (Å²) in [6, 6.07) is 14.9. The minimum Gasteiger partial charge on any atom is -0.505 e. The van der Waals surface area contributed by atoms with Gasteiger partial charge in [-0.05, 0) is 43.3 Å². The lowest BCUT2D eigenvalue weighted by molar-refractivity contribution is 0.0525. The lowest BCUT2D eigenvalue weighted by atomic mass is 10.1. The van der Waals surface area contributed by atoms with Crippen LogP contribution >= 0.6 is 22.9 Å². The zero-order chi connectivity index (χ0) is 20.4. The highest BCUT2D eigenvalue weighted by atomic mass is 35.5. The van der Waals surface area contributed by atoms with E-state index in [1.54, 1.807) is 37.4 Å². The van der Waals surface area contributed by atoms with E-state index in [1.807, 2.05) is 30.3 Å². The molecule has 0 atom stereocenters. The number of nitrogens with zero attached hydrogens (tertiary/aromatic N) is 1. The van der Waals surface area contributed by atoms with E-state index in [9.17, 15) is 9.90 Å². The van der Waals surface area contributed by atoms with Crippen LogP contribution in [0.1, 0.15) is 27.7 Å². The topological polar surface area (TPSA) is 70.9 Å². The normalized spacial score (nSPS) is 13.5. The summed E-state index contributed by atoms with van der Waals surface area (Å²) in [4.78, 5) is 17.4. The first-order valence-electron chi connectivity index (χ1n) is 8.97. The Balaban J connectivity index is 1.76. The van der Waals surface area contributed by atoms with Crippen molar-refractivity contribution in [2.75, 3.05) is 11.9 Å². The molecule has 0 bridgehead atoms. The maximum Gasteiger partial charge on any atom is 0.344 e. The number of rotatable bonds is 5. The molecular formula is C22H17ClN2O3S.